The summed E-state index contributed by atoms with van der Waals surface area (Å²) in [5, 5.41) is 0. The molecule has 1 atom stereocenters. The first kappa shape index (κ1) is 17.2. The summed E-state index contributed by atoms with van der Waals surface area (Å²) in [6.07, 6.45) is 7.65. The zero-order valence-electron chi connectivity index (χ0n) is 15.5. The quantitative estimate of drug-likeness (QED) is 0.728. The molecular formula is C20H31NO4. The second-order valence-electron chi connectivity index (χ2n) is 9.42. The lowest BCUT2D eigenvalue weighted by Crippen LogP contribution is -2.54. The molecular weight excluding hydrogens is 318 g/mol. The van der Waals surface area contributed by atoms with E-state index in [0.717, 1.165) is 37.0 Å². The normalized spacial score (nSPS) is 39.1. The molecule has 5 aliphatic rings. The molecule has 1 unspecified atom stereocenters. The predicted octanol–water partition coefficient (Wildman–Crippen LogP) is 3.61. The molecule has 0 N–H and O–H groups in total. The number of esters is 1. The zero-order chi connectivity index (χ0) is 17.6. The molecule has 25 heavy (non-hydrogen) atoms. The highest BCUT2D eigenvalue weighted by atomic mass is 16.6. The van der Waals surface area contributed by atoms with E-state index in [-0.39, 0.29) is 23.6 Å². The fraction of sp³-hybridized carbons (Fsp3) is 0.900. The summed E-state index contributed by atoms with van der Waals surface area (Å²) < 4.78 is 11.4. The van der Waals surface area contributed by atoms with Gasteiger partial charge in [0.1, 0.15) is 5.60 Å². The fourth-order valence-corrected chi connectivity index (χ4v) is 5.89. The minimum atomic E-state index is -0.207. The number of rotatable bonds is 4. The lowest BCUT2D eigenvalue weighted by atomic mass is 9.54. The van der Waals surface area contributed by atoms with Crippen molar-refractivity contribution in [2.75, 3.05) is 19.7 Å². The van der Waals surface area contributed by atoms with E-state index in [0.29, 0.717) is 32.0 Å². The van der Waals surface area contributed by atoms with Crippen LogP contribution in [0, 0.1) is 29.6 Å². The maximum Gasteiger partial charge on any atom is 0.410 e. The summed E-state index contributed by atoms with van der Waals surface area (Å²) in [6.45, 7) is 5.55. The Balaban J connectivity index is 1.31. The molecule has 1 heterocycles. The van der Waals surface area contributed by atoms with E-state index < -0.39 is 0 Å². The molecule has 5 heteroatoms. The van der Waals surface area contributed by atoms with E-state index in [1.165, 1.54) is 19.3 Å². The summed E-state index contributed by atoms with van der Waals surface area (Å²) in [7, 11) is 0. The Morgan fingerprint density at radius 3 is 2.24 bits per heavy atom. The summed E-state index contributed by atoms with van der Waals surface area (Å²) >= 11 is 0. The van der Waals surface area contributed by atoms with Crippen molar-refractivity contribution in [1.82, 2.24) is 4.90 Å². The summed E-state index contributed by atoms with van der Waals surface area (Å²) in [5.74, 6) is 2.26. The molecule has 0 radical (unpaired) electrons. The molecule has 0 aromatic heterocycles. The monoisotopic (exact) mass is 349 g/mol. The van der Waals surface area contributed by atoms with Crippen molar-refractivity contribution in [3.8, 4) is 0 Å². The van der Waals surface area contributed by atoms with Crippen molar-refractivity contribution in [3.63, 3.8) is 0 Å². The van der Waals surface area contributed by atoms with Gasteiger partial charge in [-0.05, 0) is 68.6 Å². The van der Waals surface area contributed by atoms with Crippen molar-refractivity contribution >= 4 is 12.1 Å². The minimum absolute atomic E-state index is 0.168. The van der Waals surface area contributed by atoms with Crippen molar-refractivity contribution < 1.29 is 19.1 Å². The number of carbonyl (C=O) groups excluding carboxylic acids is 2. The van der Waals surface area contributed by atoms with Gasteiger partial charge in [0.05, 0.1) is 12.5 Å². The van der Waals surface area contributed by atoms with Crippen molar-refractivity contribution in [3.05, 3.63) is 0 Å². The van der Waals surface area contributed by atoms with Gasteiger partial charge in [-0.25, -0.2) is 4.79 Å². The molecule has 4 bridgehead atoms. The maximum absolute atomic E-state index is 12.7. The van der Waals surface area contributed by atoms with Crippen LogP contribution in [0.4, 0.5) is 4.79 Å². The minimum Gasteiger partial charge on any atom is -0.465 e. The first-order valence-corrected chi connectivity index (χ1v) is 10.1. The van der Waals surface area contributed by atoms with E-state index in [2.05, 4.69) is 0 Å². The molecule has 1 saturated heterocycles. The molecule has 140 valence electrons. The third-order valence-electron chi connectivity index (χ3n) is 6.62. The smallest absolute Gasteiger partial charge is 0.410 e. The molecule has 5 nitrogen and oxygen atoms in total. The van der Waals surface area contributed by atoms with Crippen LogP contribution in [0.1, 0.15) is 58.8 Å². The van der Waals surface area contributed by atoms with Crippen LogP contribution in [0.3, 0.4) is 0 Å². The average Bonchev–Trinajstić information content (AvgIpc) is 3.01. The number of hydrogen-bond donors (Lipinski definition) is 0. The number of carbonyl (C=O) groups is 2. The van der Waals surface area contributed by atoms with Crippen LogP contribution < -0.4 is 0 Å². The number of likely N-dealkylation sites (tertiary alicyclic amines) is 1. The number of hydrogen-bond acceptors (Lipinski definition) is 4. The van der Waals surface area contributed by atoms with E-state index in [4.69, 9.17) is 9.47 Å². The number of nitrogens with zero attached hydrogens (tertiary/aromatic N) is 1. The Morgan fingerprint density at radius 2 is 1.68 bits per heavy atom. The summed E-state index contributed by atoms with van der Waals surface area (Å²) in [5.41, 5.74) is -0.206. The van der Waals surface area contributed by atoms with Gasteiger partial charge >= 0.3 is 12.1 Å². The van der Waals surface area contributed by atoms with Crippen LogP contribution in [-0.4, -0.2) is 42.3 Å². The van der Waals surface area contributed by atoms with Gasteiger partial charge in [0, 0.05) is 13.1 Å². The summed E-state index contributed by atoms with van der Waals surface area (Å²) in [4.78, 5) is 26.6. The standard InChI is InChI=1S/C20H31NO4/c1-13(2)12-24-18(22)17-3-4-21(11-17)19(23)25-20-8-14-5-15(9-20)7-16(6-14)10-20/h13-17H,3-12H2,1-2H3. The SMILES string of the molecule is CC(C)COC(=O)C1CCN(C(=O)OC23CC4CC(CC(C4)C2)C3)C1. The lowest BCUT2D eigenvalue weighted by Gasteiger charge is -2.55. The molecule has 1 amide bonds. The van der Waals surface area contributed by atoms with Gasteiger partial charge in [0.2, 0.25) is 0 Å². The summed E-state index contributed by atoms with van der Waals surface area (Å²) in [6, 6.07) is 0. The second-order valence-corrected chi connectivity index (χ2v) is 9.42. The van der Waals surface area contributed by atoms with Crippen molar-refractivity contribution in [2.45, 2.75) is 64.4 Å². The van der Waals surface area contributed by atoms with Crippen LogP contribution >= 0.6 is 0 Å². The molecule has 1 aliphatic heterocycles. The highest BCUT2D eigenvalue weighted by molar-refractivity contribution is 5.75. The van der Waals surface area contributed by atoms with Crippen LogP contribution in [0.2, 0.25) is 0 Å². The van der Waals surface area contributed by atoms with Gasteiger partial charge in [-0.2, -0.15) is 0 Å². The maximum atomic E-state index is 12.7. The van der Waals surface area contributed by atoms with Crippen LogP contribution in [0.15, 0.2) is 0 Å². The van der Waals surface area contributed by atoms with E-state index in [1.54, 1.807) is 4.90 Å². The predicted molar refractivity (Wildman–Crippen MR) is 92.9 cm³/mol. The Morgan fingerprint density at radius 1 is 1.08 bits per heavy atom. The van der Waals surface area contributed by atoms with Crippen molar-refractivity contribution in [2.24, 2.45) is 29.6 Å². The second kappa shape index (κ2) is 6.48. The molecule has 0 aromatic rings. The Bertz CT molecular complexity index is 509. The molecule has 0 spiro atoms. The van der Waals surface area contributed by atoms with Gasteiger partial charge < -0.3 is 14.4 Å². The van der Waals surface area contributed by atoms with Gasteiger partial charge in [0.25, 0.3) is 0 Å². The van der Waals surface area contributed by atoms with E-state index in [9.17, 15) is 9.59 Å². The largest absolute Gasteiger partial charge is 0.465 e. The molecule has 4 aliphatic carbocycles. The Labute approximate surface area is 150 Å². The highest BCUT2D eigenvalue weighted by Crippen LogP contribution is 2.57. The molecule has 4 saturated carbocycles. The third kappa shape index (κ3) is 3.52. The van der Waals surface area contributed by atoms with E-state index >= 15 is 0 Å². The van der Waals surface area contributed by atoms with Gasteiger partial charge in [0.15, 0.2) is 0 Å². The Hall–Kier alpha value is -1.26. The van der Waals surface area contributed by atoms with Gasteiger partial charge in [-0.15, -0.1) is 0 Å². The van der Waals surface area contributed by atoms with Crippen LogP contribution in [0.25, 0.3) is 0 Å². The molecule has 0 aromatic carbocycles. The molecule has 5 rings (SSSR count). The number of amides is 1. The molecule has 5 fully saturated rings. The Kier molecular flexibility index (Phi) is 4.45. The fourth-order valence-electron chi connectivity index (χ4n) is 5.89. The third-order valence-corrected chi connectivity index (χ3v) is 6.62. The van der Waals surface area contributed by atoms with Crippen molar-refractivity contribution in [1.29, 1.82) is 0 Å². The van der Waals surface area contributed by atoms with Gasteiger partial charge in [-0.3, -0.25) is 4.79 Å². The van der Waals surface area contributed by atoms with E-state index in [1.807, 2.05) is 13.8 Å². The average molecular weight is 349 g/mol. The van der Waals surface area contributed by atoms with Crippen LogP contribution in [-0.2, 0) is 14.3 Å². The zero-order valence-corrected chi connectivity index (χ0v) is 15.5. The first-order valence-electron chi connectivity index (χ1n) is 10.1. The lowest BCUT2D eigenvalue weighted by molar-refractivity contribution is -0.149. The van der Waals surface area contributed by atoms with Gasteiger partial charge in [-0.1, -0.05) is 13.8 Å². The number of ether oxygens (including phenoxy) is 2. The topological polar surface area (TPSA) is 55.8 Å². The van der Waals surface area contributed by atoms with Crippen LogP contribution in [0.5, 0.6) is 0 Å². The first-order chi connectivity index (χ1) is 11.9. The highest BCUT2D eigenvalue weighted by Gasteiger charge is 2.53.